The van der Waals surface area contributed by atoms with E-state index in [0.29, 0.717) is 19.1 Å². The van der Waals surface area contributed by atoms with Crippen molar-refractivity contribution in [1.29, 1.82) is 0 Å². The molecule has 1 rings (SSSR count). The molecule has 0 aliphatic carbocycles. The summed E-state index contributed by atoms with van der Waals surface area (Å²) in [6.45, 7) is 1.96. The van der Waals surface area contributed by atoms with Crippen LogP contribution in [0, 0.1) is 5.82 Å². The van der Waals surface area contributed by atoms with Crippen molar-refractivity contribution >= 4 is 29.9 Å². The van der Waals surface area contributed by atoms with Gasteiger partial charge in [0.15, 0.2) is 17.5 Å². The summed E-state index contributed by atoms with van der Waals surface area (Å²) in [4.78, 5) is 4.09. The van der Waals surface area contributed by atoms with Gasteiger partial charge in [-0.15, -0.1) is 24.0 Å². The molecule has 5 nitrogen and oxygen atoms in total. The first-order valence-electron chi connectivity index (χ1n) is 6.47. The van der Waals surface area contributed by atoms with E-state index < -0.39 is 0 Å². The molecule has 0 radical (unpaired) electrons. The van der Waals surface area contributed by atoms with Gasteiger partial charge in [-0.05, 0) is 24.1 Å². The van der Waals surface area contributed by atoms with Crippen molar-refractivity contribution in [3.63, 3.8) is 0 Å². The molecule has 0 atom stereocenters. The highest BCUT2D eigenvalue weighted by Gasteiger charge is 2.04. The van der Waals surface area contributed by atoms with Crippen LogP contribution in [-0.2, 0) is 11.3 Å². The van der Waals surface area contributed by atoms with Crippen molar-refractivity contribution in [2.24, 2.45) is 4.99 Å². The Balaban J connectivity index is 0.00000400. The minimum Gasteiger partial charge on any atom is -0.494 e. The largest absolute Gasteiger partial charge is 0.494 e. The molecule has 0 unspecified atom stereocenters. The number of nitrogens with zero attached hydrogens (tertiary/aromatic N) is 1. The quantitative estimate of drug-likeness (QED) is 0.313. The molecule has 0 aliphatic heterocycles. The lowest BCUT2D eigenvalue weighted by atomic mass is 10.2. The summed E-state index contributed by atoms with van der Waals surface area (Å²) in [5.41, 5.74) is 0.822. The van der Waals surface area contributed by atoms with E-state index in [9.17, 15) is 4.39 Å². The second kappa shape index (κ2) is 11.6. The van der Waals surface area contributed by atoms with Gasteiger partial charge in [0, 0.05) is 33.9 Å². The summed E-state index contributed by atoms with van der Waals surface area (Å²) >= 11 is 0. The van der Waals surface area contributed by atoms with Crippen LogP contribution in [0.15, 0.2) is 23.2 Å². The molecular weight excluding hydrogens is 388 g/mol. The van der Waals surface area contributed by atoms with Crippen LogP contribution in [0.4, 0.5) is 4.39 Å². The van der Waals surface area contributed by atoms with E-state index in [-0.39, 0.29) is 35.5 Å². The third-order valence-corrected chi connectivity index (χ3v) is 2.72. The number of nitrogens with one attached hydrogen (secondary N) is 2. The monoisotopic (exact) mass is 411 g/mol. The average molecular weight is 411 g/mol. The lowest BCUT2D eigenvalue weighted by Gasteiger charge is -2.12. The van der Waals surface area contributed by atoms with Gasteiger partial charge in [0.1, 0.15) is 0 Å². The van der Waals surface area contributed by atoms with E-state index in [2.05, 4.69) is 15.6 Å². The number of methoxy groups -OCH3 is 2. The van der Waals surface area contributed by atoms with E-state index in [4.69, 9.17) is 9.47 Å². The van der Waals surface area contributed by atoms with Gasteiger partial charge in [-0.25, -0.2) is 4.39 Å². The third kappa shape index (κ3) is 7.47. The molecule has 21 heavy (non-hydrogen) atoms. The van der Waals surface area contributed by atoms with E-state index >= 15 is 0 Å². The second-order valence-electron chi connectivity index (χ2n) is 4.17. The molecule has 0 saturated carbocycles. The fraction of sp³-hybridized carbons (Fsp3) is 0.500. The maximum Gasteiger partial charge on any atom is 0.191 e. The van der Waals surface area contributed by atoms with Crippen LogP contribution in [0.5, 0.6) is 5.75 Å². The Kier molecular flexibility index (Phi) is 11.0. The van der Waals surface area contributed by atoms with Crippen LogP contribution < -0.4 is 15.4 Å². The molecule has 2 N–H and O–H groups in total. The van der Waals surface area contributed by atoms with E-state index in [1.165, 1.54) is 13.2 Å². The summed E-state index contributed by atoms with van der Waals surface area (Å²) in [5, 5.41) is 6.27. The van der Waals surface area contributed by atoms with Crippen molar-refractivity contribution in [3.05, 3.63) is 29.6 Å². The fourth-order valence-electron chi connectivity index (χ4n) is 1.65. The molecule has 7 heteroatoms. The lowest BCUT2D eigenvalue weighted by Crippen LogP contribution is -2.37. The number of hydrogen-bond acceptors (Lipinski definition) is 3. The molecule has 0 spiro atoms. The Morgan fingerprint density at radius 2 is 2.05 bits per heavy atom. The van der Waals surface area contributed by atoms with Crippen LogP contribution in [0.3, 0.4) is 0 Å². The molecule has 0 fully saturated rings. The molecule has 120 valence electrons. The van der Waals surface area contributed by atoms with Gasteiger partial charge in [0.05, 0.1) is 7.11 Å². The minimum absolute atomic E-state index is 0. The Hall–Kier alpha value is -1.09. The highest BCUT2D eigenvalue weighted by Crippen LogP contribution is 2.17. The molecule has 0 aromatic heterocycles. The van der Waals surface area contributed by atoms with E-state index in [1.807, 2.05) is 6.07 Å². The first-order valence-corrected chi connectivity index (χ1v) is 6.47. The average Bonchev–Trinajstić information content (AvgIpc) is 2.46. The topological polar surface area (TPSA) is 54.9 Å². The van der Waals surface area contributed by atoms with Gasteiger partial charge >= 0.3 is 0 Å². The Bertz CT molecular complexity index is 444. The zero-order chi connectivity index (χ0) is 14.8. The summed E-state index contributed by atoms with van der Waals surface area (Å²) < 4.78 is 23.4. The van der Waals surface area contributed by atoms with Gasteiger partial charge in [-0.3, -0.25) is 4.99 Å². The number of aliphatic imine (C=N–C) groups is 1. The van der Waals surface area contributed by atoms with Crippen LogP contribution >= 0.6 is 24.0 Å². The fourth-order valence-corrected chi connectivity index (χ4v) is 1.65. The normalized spacial score (nSPS) is 10.8. The number of rotatable bonds is 7. The second-order valence-corrected chi connectivity index (χ2v) is 4.17. The van der Waals surface area contributed by atoms with Crippen molar-refractivity contribution in [1.82, 2.24) is 10.6 Å². The van der Waals surface area contributed by atoms with Gasteiger partial charge in [0.25, 0.3) is 0 Å². The molecule has 1 aromatic rings. The molecule has 0 amide bonds. The smallest absolute Gasteiger partial charge is 0.191 e. The predicted molar refractivity (Wildman–Crippen MR) is 93.1 cm³/mol. The maximum absolute atomic E-state index is 13.5. The number of ether oxygens (including phenoxy) is 2. The molecule has 0 bridgehead atoms. The SMILES string of the molecule is CN=C(NCCCOC)NCc1ccc(OC)c(F)c1.I. The zero-order valence-corrected chi connectivity index (χ0v) is 14.9. The van der Waals surface area contributed by atoms with Crippen LogP contribution in [0.25, 0.3) is 0 Å². The van der Waals surface area contributed by atoms with Gasteiger partial charge in [-0.1, -0.05) is 6.07 Å². The van der Waals surface area contributed by atoms with Crippen LogP contribution in [-0.4, -0.2) is 40.4 Å². The minimum atomic E-state index is -0.366. The summed E-state index contributed by atoms with van der Waals surface area (Å²) in [5.74, 6) is 0.558. The first-order chi connectivity index (χ1) is 9.71. The maximum atomic E-state index is 13.5. The zero-order valence-electron chi connectivity index (χ0n) is 12.6. The van der Waals surface area contributed by atoms with Crippen LogP contribution in [0.2, 0.25) is 0 Å². The highest BCUT2D eigenvalue weighted by molar-refractivity contribution is 14.0. The summed E-state index contributed by atoms with van der Waals surface area (Å²) in [6, 6.07) is 4.87. The van der Waals surface area contributed by atoms with Crippen molar-refractivity contribution < 1.29 is 13.9 Å². The van der Waals surface area contributed by atoms with Crippen LogP contribution in [0.1, 0.15) is 12.0 Å². The van der Waals surface area contributed by atoms with Crippen molar-refractivity contribution in [3.8, 4) is 5.75 Å². The summed E-state index contributed by atoms with van der Waals surface area (Å²) in [7, 11) is 4.81. The van der Waals surface area contributed by atoms with E-state index in [0.717, 1.165) is 18.5 Å². The van der Waals surface area contributed by atoms with E-state index in [1.54, 1.807) is 20.2 Å². The Labute approximate surface area is 142 Å². The third-order valence-electron chi connectivity index (χ3n) is 2.72. The molecular formula is C14H23FIN3O2. The number of hydrogen-bond donors (Lipinski definition) is 2. The van der Waals surface area contributed by atoms with Crippen molar-refractivity contribution in [2.75, 3.05) is 34.4 Å². The Morgan fingerprint density at radius 1 is 1.29 bits per heavy atom. The lowest BCUT2D eigenvalue weighted by molar-refractivity contribution is 0.195. The molecule has 0 saturated heterocycles. The predicted octanol–water partition coefficient (Wildman–Crippen LogP) is 2.15. The van der Waals surface area contributed by atoms with Crippen molar-refractivity contribution in [2.45, 2.75) is 13.0 Å². The first kappa shape index (κ1) is 19.9. The number of halogens is 2. The number of benzene rings is 1. The number of guanidine groups is 1. The van der Waals surface area contributed by atoms with Gasteiger partial charge in [-0.2, -0.15) is 0 Å². The Morgan fingerprint density at radius 3 is 2.62 bits per heavy atom. The molecule has 0 heterocycles. The highest BCUT2D eigenvalue weighted by atomic mass is 127. The van der Waals surface area contributed by atoms with Gasteiger partial charge in [0.2, 0.25) is 0 Å². The molecule has 1 aromatic carbocycles. The molecule has 0 aliphatic rings. The summed E-state index contributed by atoms with van der Waals surface area (Å²) in [6.07, 6.45) is 0.897. The standard InChI is InChI=1S/C14H22FN3O2.HI/c1-16-14(17-7-4-8-19-2)18-10-11-5-6-13(20-3)12(15)9-11;/h5-6,9H,4,7-8,10H2,1-3H3,(H2,16,17,18);1H. The van der Waals surface area contributed by atoms with Gasteiger partial charge < -0.3 is 20.1 Å².